The maximum absolute atomic E-state index is 13.9. The molecule has 1 aliphatic heterocycles. The molecule has 3 aromatic carbocycles. The van der Waals surface area contributed by atoms with Crippen LogP contribution in [0.2, 0.25) is 0 Å². The molecular weight excluding hydrogens is 500 g/mol. The van der Waals surface area contributed by atoms with Crippen LogP contribution in [0.4, 0.5) is 0 Å². The van der Waals surface area contributed by atoms with Crippen LogP contribution in [0, 0.1) is 5.92 Å². The zero-order valence-electron chi connectivity index (χ0n) is 21.2. The monoisotopic (exact) mass is 528 g/mol. The van der Waals surface area contributed by atoms with Crippen molar-refractivity contribution < 1.29 is 9.53 Å². The minimum absolute atomic E-state index is 0.169. The zero-order chi connectivity index (χ0) is 26.1. The summed E-state index contributed by atoms with van der Waals surface area (Å²) in [6.45, 7) is 6.11. The first-order valence-corrected chi connectivity index (χ1v) is 14.2. The van der Waals surface area contributed by atoms with Gasteiger partial charge in [0.25, 0.3) is 5.56 Å². The number of nitrogens with zero attached hydrogens (tertiary/aromatic N) is 2. The fourth-order valence-corrected chi connectivity index (χ4v) is 5.97. The summed E-state index contributed by atoms with van der Waals surface area (Å²) in [7, 11) is 0. The molecule has 0 N–H and O–H groups in total. The molecule has 5 nitrogen and oxygen atoms in total. The van der Waals surface area contributed by atoms with Crippen molar-refractivity contribution in [2.24, 2.45) is 10.9 Å². The SMILES string of the molecule is CSc1ccc(C2C(C(=O)OCC(C)C)=C(C)N=c3sc(=Cc4cccc5ccccc45)c(=O)n32)cc1. The summed E-state index contributed by atoms with van der Waals surface area (Å²) in [4.78, 5) is 33.6. The summed E-state index contributed by atoms with van der Waals surface area (Å²) in [6.07, 6.45) is 3.94. The van der Waals surface area contributed by atoms with E-state index < -0.39 is 12.0 Å². The summed E-state index contributed by atoms with van der Waals surface area (Å²) < 4.78 is 7.86. The number of ether oxygens (including phenoxy) is 1. The highest BCUT2D eigenvalue weighted by Gasteiger charge is 2.33. The van der Waals surface area contributed by atoms with Crippen LogP contribution in [0.5, 0.6) is 0 Å². The van der Waals surface area contributed by atoms with Crippen molar-refractivity contribution in [1.82, 2.24) is 4.57 Å². The van der Waals surface area contributed by atoms with Gasteiger partial charge in [0, 0.05) is 4.90 Å². The highest BCUT2D eigenvalue weighted by atomic mass is 32.2. The van der Waals surface area contributed by atoms with E-state index in [0.717, 1.165) is 26.8 Å². The Kier molecular flexibility index (Phi) is 7.17. The molecular formula is C30H28N2O3S2. The number of thiazole rings is 1. The van der Waals surface area contributed by atoms with Gasteiger partial charge in [-0.3, -0.25) is 9.36 Å². The molecule has 5 rings (SSSR count). The van der Waals surface area contributed by atoms with Crippen molar-refractivity contribution in [1.29, 1.82) is 0 Å². The molecule has 0 radical (unpaired) electrons. The number of rotatable bonds is 6. The molecule has 37 heavy (non-hydrogen) atoms. The lowest BCUT2D eigenvalue weighted by atomic mass is 9.96. The molecule has 0 amide bonds. The van der Waals surface area contributed by atoms with Gasteiger partial charge in [-0.05, 0) is 59.2 Å². The Morgan fingerprint density at radius 1 is 1.11 bits per heavy atom. The van der Waals surface area contributed by atoms with E-state index in [9.17, 15) is 9.59 Å². The van der Waals surface area contributed by atoms with Gasteiger partial charge in [0.1, 0.15) is 0 Å². The highest BCUT2D eigenvalue weighted by molar-refractivity contribution is 7.98. The average Bonchev–Trinajstić information content (AvgIpc) is 3.21. The number of fused-ring (bicyclic) bond motifs is 2. The van der Waals surface area contributed by atoms with E-state index in [2.05, 4.69) is 18.2 Å². The number of thioether (sulfide) groups is 1. The summed E-state index contributed by atoms with van der Waals surface area (Å²) in [5.41, 5.74) is 2.63. The third-order valence-corrected chi connectivity index (χ3v) is 8.06. The number of carbonyl (C=O) groups is 1. The second kappa shape index (κ2) is 10.5. The molecule has 0 saturated heterocycles. The molecule has 4 aromatic rings. The Labute approximate surface area is 223 Å². The summed E-state index contributed by atoms with van der Waals surface area (Å²) in [6, 6.07) is 21.6. The Hall–Kier alpha value is -3.42. The molecule has 7 heteroatoms. The van der Waals surface area contributed by atoms with Gasteiger partial charge >= 0.3 is 5.97 Å². The minimum Gasteiger partial charge on any atom is -0.462 e. The Morgan fingerprint density at radius 2 is 1.84 bits per heavy atom. The van der Waals surface area contributed by atoms with Crippen LogP contribution in [0.15, 0.2) is 92.7 Å². The van der Waals surface area contributed by atoms with Gasteiger partial charge in [-0.25, -0.2) is 9.79 Å². The molecule has 2 heterocycles. The number of hydrogen-bond donors (Lipinski definition) is 0. The van der Waals surface area contributed by atoms with Crippen LogP contribution in [-0.4, -0.2) is 23.4 Å². The van der Waals surface area contributed by atoms with Gasteiger partial charge in [-0.15, -0.1) is 11.8 Å². The van der Waals surface area contributed by atoms with E-state index in [4.69, 9.17) is 9.73 Å². The van der Waals surface area contributed by atoms with Crippen molar-refractivity contribution >= 4 is 45.9 Å². The predicted octanol–water partition coefficient (Wildman–Crippen LogP) is 5.31. The van der Waals surface area contributed by atoms with Crippen molar-refractivity contribution in [3.8, 4) is 0 Å². The van der Waals surface area contributed by atoms with Crippen LogP contribution in [-0.2, 0) is 9.53 Å². The van der Waals surface area contributed by atoms with Gasteiger partial charge in [-0.1, -0.05) is 79.8 Å². The van der Waals surface area contributed by atoms with Gasteiger partial charge in [0.05, 0.1) is 28.5 Å². The molecule has 0 spiro atoms. The average molecular weight is 529 g/mol. The van der Waals surface area contributed by atoms with E-state index in [1.807, 2.05) is 81.6 Å². The lowest BCUT2D eigenvalue weighted by molar-refractivity contribution is -0.140. The summed E-state index contributed by atoms with van der Waals surface area (Å²) in [5.74, 6) is -0.233. The number of aromatic nitrogens is 1. The van der Waals surface area contributed by atoms with Crippen LogP contribution < -0.4 is 14.9 Å². The Bertz CT molecular complexity index is 1690. The fourth-order valence-electron chi connectivity index (χ4n) is 4.52. The van der Waals surface area contributed by atoms with E-state index >= 15 is 0 Å². The lowest BCUT2D eigenvalue weighted by Crippen LogP contribution is -2.40. The van der Waals surface area contributed by atoms with Crippen molar-refractivity contribution in [2.75, 3.05) is 12.9 Å². The summed E-state index contributed by atoms with van der Waals surface area (Å²) in [5, 5.41) is 2.19. The maximum atomic E-state index is 13.9. The smallest absolute Gasteiger partial charge is 0.338 e. The highest BCUT2D eigenvalue weighted by Crippen LogP contribution is 2.32. The second-order valence-corrected chi connectivity index (χ2v) is 11.3. The zero-order valence-corrected chi connectivity index (χ0v) is 22.9. The Morgan fingerprint density at radius 3 is 2.57 bits per heavy atom. The minimum atomic E-state index is -0.610. The molecule has 0 saturated carbocycles. The van der Waals surface area contributed by atoms with Gasteiger partial charge in [0.15, 0.2) is 4.80 Å². The molecule has 1 unspecified atom stereocenters. The van der Waals surface area contributed by atoms with Gasteiger partial charge in [-0.2, -0.15) is 0 Å². The number of allylic oxidation sites excluding steroid dienone is 1. The number of carbonyl (C=O) groups excluding carboxylic acids is 1. The van der Waals surface area contributed by atoms with Crippen LogP contribution in [0.1, 0.15) is 37.9 Å². The Balaban J connectivity index is 1.70. The molecule has 0 bridgehead atoms. The molecule has 1 aromatic heterocycles. The third kappa shape index (κ3) is 4.93. The molecule has 0 aliphatic carbocycles. The largest absolute Gasteiger partial charge is 0.462 e. The fraction of sp³-hybridized carbons (Fsp3) is 0.233. The first-order chi connectivity index (χ1) is 17.9. The van der Waals surface area contributed by atoms with Crippen molar-refractivity contribution in [2.45, 2.75) is 31.7 Å². The van der Waals surface area contributed by atoms with Gasteiger partial charge in [0.2, 0.25) is 0 Å². The standard InChI is InChI=1S/C30H28N2O3S2/c1-18(2)17-35-29(34)26-19(3)31-30-32(27(26)21-12-14-23(36-4)15-13-21)28(33)25(37-30)16-22-10-7-9-20-8-5-6-11-24(20)22/h5-16,18,27H,17H2,1-4H3. The van der Waals surface area contributed by atoms with Crippen molar-refractivity contribution in [3.05, 3.63) is 109 Å². The second-order valence-electron chi connectivity index (χ2n) is 9.42. The van der Waals surface area contributed by atoms with E-state index in [0.29, 0.717) is 27.2 Å². The van der Waals surface area contributed by atoms with Crippen LogP contribution in [0.3, 0.4) is 0 Å². The van der Waals surface area contributed by atoms with Crippen LogP contribution >= 0.6 is 23.1 Å². The molecule has 1 aliphatic rings. The quantitative estimate of drug-likeness (QED) is 0.251. The molecule has 188 valence electrons. The molecule has 0 fully saturated rings. The van der Waals surface area contributed by atoms with E-state index in [1.165, 1.54) is 11.3 Å². The number of hydrogen-bond acceptors (Lipinski definition) is 6. The first-order valence-electron chi connectivity index (χ1n) is 12.2. The number of benzene rings is 3. The lowest BCUT2D eigenvalue weighted by Gasteiger charge is -2.25. The third-order valence-electron chi connectivity index (χ3n) is 6.33. The van der Waals surface area contributed by atoms with Crippen molar-refractivity contribution in [3.63, 3.8) is 0 Å². The normalized spacial score (nSPS) is 15.7. The predicted molar refractivity (Wildman–Crippen MR) is 152 cm³/mol. The topological polar surface area (TPSA) is 60.7 Å². The maximum Gasteiger partial charge on any atom is 0.338 e. The number of esters is 1. The van der Waals surface area contributed by atoms with E-state index in [1.54, 1.807) is 16.3 Å². The van der Waals surface area contributed by atoms with Gasteiger partial charge < -0.3 is 4.74 Å². The van der Waals surface area contributed by atoms with Crippen LogP contribution in [0.25, 0.3) is 16.8 Å². The summed E-state index contributed by atoms with van der Waals surface area (Å²) >= 11 is 2.99. The van der Waals surface area contributed by atoms with E-state index in [-0.39, 0.29) is 11.5 Å². The molecule has 1 atom stereocenters. The first kappa shape index (κ1) is 25.2.